The van der Waals surface area contributed by atoms with Gasteiger partial charge < -0.3 is 14.8 Å². The summed E-state index contributed by atoms with van der Waals surface area (Å²) in [5.41, 5.74) is 0. The Morgan fingerprint density at radius 3 is 2.55 bits per heavy atom. The molecular formula is C14H18FNO4. The number of esters is 1. The lowest BCUT2D eigenvalue weighted by Gasteiger charge is -2.14. The zero-order valence-electron chi connectivity index (χ0n) is 11.5. The molecular weight excluding hydrogens is 265 g/mol. The van der Waals surface area contributed by atoms with Crippen LogP contribution in [-0.2, 0) is 14.3 Å². The summed E-state index contributed by atoms with van der Waals surface area (Å²) in [7, 11) is 0. The highest BCUT2D eigenvalue weighted by Gasteiger charge is 2.14. The first-order chi connectivity index (χ1) is 9.52. The first kappa shape index (κ1) is 15.9. The minimum atomic E-state index is -0.734. The largest absolute Gasteiger partial charge is 0.481 e. The van der Waals surface area contributed by atoms with Crippen molar-refractivity contribution in [3.8, 4) is 5.75 Å². The Morgan fingerprint density at radius 2 is 1.95 bits per heavy atom. The van der Waals surface area contributed by atoms with E-state index >= 15 is 0 Å². The van der Waals surface area contributed by atoms with Crippen molar-refractivity contribution in [2.75, 3.05) is 13.2 Å². The van der Waals surface area contributed by atoms with Crippen molar-refractivity contribution in [1.82, 2.24) is 5.32 Å². The average Bonchev–Trinajstić information content (AvgIpc) is 2.41. The molecule has 0 aliphatic rings. The number of halogens is 1. The lowest BCUT2D eigenvalue weighted by atomic mass is 10.3. The lowest BCUT2D eigenvalue weighted by molar-refractivity contribution is -0.143. The molecule has 0 saturated carbocycles. The van der Waals surface area contributed by atoms with Crippen molar-refractivity contribution in [2.24, 2.45) is 0 Å². The van der Waals surface area contributed by atoms with Crippen molar-refractivity contribution in [1.29, 1.82) is 0 Å². The molecule has 20 heavy (non-hydrogen) atoms. The fourth-order valence-electron chi connectivity index (χ4n) is 1.44. The van der Waals surface area contributed by atoms with Crippen LogP contribution in [0.3, 0.4) is 0 Å². The molecule has 1 atom stereocenters. The van der Waals surface area contributed by atoms with E-state index in [0.29, 0.717) is 12.4 Å². The number of benzene rings is 1. The van der Waals surface area contributed by atoms with E-state index in [9.17, 15) is 14.0 Å². The third kappa shape index (κ3) is 5.69. The summed E-state index contributed by atoms with van der Waals surface area (Å²) in [6, 6.07) is 5.39. The standard InChI is InChI=1S/C14H18FNO4/c1-3-19-13(17)8-9-16-14(18)10(2)20-12-6-4-11(15)5-7-12/h4-7,10H,3,8-9H2,1-2H3,(H,16,18). The van der Waals surface area contributed by atoms with Crippen LogP contribution < -0.4 is 10.1 Å². The molecule has 0 aliphatic carbocycles. The molecule has 0 bridgehead atoms. The first-order valence-corrected chi connectivity index (χ1v) is 6.38. The van der Waals surface area contributed by atoms with Crippen LogP contribution in [-0.4, -0.2) is 31.1 Å². The summed E-state index contributed by atoms with van der Waals surface area (Å²) < 4.78 is 22.8. The summed E-state index contributed by atoms with van der Waals surface area (Å²) in [6.45, 7) is 3.80. The van der Waals surface area contributed by atoms with E-state index < -0.39 is 6.10 Å². The molecule has 6 heteroatoms. The number of amides is 1. The molecule has 1 N–H and O–H groups in total. The number of nitrogens with one attached hydrogen (secondary N) is 1. The third-order valence-corrected chi connectivity index (χ3v) is 2.43. The highest BCUT2D eigenvalue weighted by atomic mass is 19.1. The molecule has 0 aliphatic heterocycles. The number of hydrogen-bond acceptors (Lipinski definition) is 4. The van der Waals surface area contributed by atoms with Crippen LogP contribution in [0.2, 0.25) is 0 Å². The van der Waals surface area contributed by atoms with Gasteiger partial charge >= 0.3 is 5.97 Å². The van der Waals surface area contributed by atoms with Gasteiger partial charge in [0.1, 0.15) is 11.6 Å². The molecule has 0 aromatic heterocycles. The zero-order chi connectivity index (χ0) is 15.0. The highest BCUT2D eigenvalue weighted by Crippen LogP contribution is 2.12. The fraction of sp³-hybridized carbons (Fsp3) is 0.429. The molecule has 1 rings (SSSR count). The minimum Gasteiger partial charge on any atom is -0.481 e. The quantitative estimate of drug-likeness (QED) is 0.773. The van der Waals surface area contributed by atoms with Crippen molar-refractivity contribution < 1.29 is 23.5 Å². The van der Waals surface area contributed by atoms with Gasteiger partial charge in [0.15, 0.2) is 6.10 Å². The maximum absolute atomic E-state index is 12.7. The second kappa shape index (κ2) is 8.14. The van der Waals surface area contributed by atoms with Crippen LogP contribution in [0.25, 0.3) is 0 Å². The predicted molar refractivity (Wildman–Crippen MR) is 70.7 cm³/mol. The van der Waals surface area contributed by atoms with Crippen LogP contribution in [0.1, 0.15) is 20.3 Å². The van der Waals surface area contributed by atoms with E-state index in [-0.39, 0.29) is 30.7 Å². The fourth-order valence-corrected chi connectivity index (χ4v) is 1.44. The van der Waals surface area contributed by atoms with Crippen molar-refractivity contribution in [3.63, 3.8) is 0 Å². The van der Waals surface area contributed by atoms with Gasteiger partial charge in [-0.25, -0.2) is 4.39 Å². The summed E-state index contributed by atoms with van der Waals surface area (Å²) in [5, 5.41) is 2.56. The van der Waals surface area contributed by atoms with E-state index in [4.69, 9.17) is 9.47 Å². The van der Waals surface area contributed by atoms with E-state index in [1.807, 2.05) is 0 Å². The van der Waals surface area contributed by atoms with Crippen LogP contribution in [0.4, 0.5) is 4.39 Å². The van der Waals surface area contributed by atoms with E-state index in [0.717, 1.165) is 0 Å². The van der Waals surface area contributed by atoms with Gasteiger partial charge in [-0.2, -0.15) is 0 Å². The Morgan fingerprint density at radius 1 is 1.30 bits per heavy atom. The molecule has 1 amide bonds. The van der Waals surface area contributed by atoms with Crippen molar-refractivity contribution in [2.45, 2.75) is 26.4 Å². The summed E-state index contributed by atoms with van der Waals surface area (Å²) in [5.74, 6) is -0.679. The highest BCUT2D eigenvalue weighted by molar-refractivity contribution is 5.81. The SMILES string of the molecule is CCOC(=O)CCNC(=O)C(C)Oc1ccc(F)cc1. The second-order valence-corrected chi connectivity index (χ2v) is 4.06. The average molecular weight is 283 g/mol. The molecule has 1 aromatic carbocycles. The number of hydrogen-bond donors (Lipinski definition) is 1. The lowest BCUT2D eigenvalue weighted by Crippen LogP contribution is -2.37. The van der Waals surface area contributed by atoms with Crippen LogP contribution in [0.15, 0.2) is 24.3 Å². The Bertz CT molecular complexity index is 447. The summed E-state index contributed by atoms with van der Waals surface area (Å²) in [4.78, 5) is 22.8. The van der Waals surface area contributed by atoms with Gasteiger partial charge in [-0.05, 0) is 38.1 Å². The second-order valence-electron chi connectivity index (χ2n) is 4.06. The van der Waals surface area contributed by atoms with Crippen LogP contribution in [0, 0.1) is 5.82 Å². The topological polar surface area (TPSA) is 64.6 Å². The van der Waals surface area contributed by atoms with Gasteiger partial charge in [-0.15, -0.1) is 0 Å². The Kier molecular flexibility index (Phi) is 6.49. The molecule has 0 fully saturated rings. The van der Waals surface area contributed by atoms with Crippen LogP contribution in [0.5, 0.6) is 5.75 Å². The van der Waals surface area contributed by atoms with Gasteiger partial charge in [0, 0.05) is 6.54 Å². The third-order valence-electron chi connectivity index (χ3n) is 2.43. The molecule has 0 heterocycles. The summed E-state index contributed by atoms with van der Waals surface area (Å²) in [6.07, 6.45) is -0.620. The van der Waals surface area contributed by atoms with Crippen LogP contribution >= 0.6 is 0 Å². The molecule has 5 nitrogen and oxygen atoms in total. The van der Waals surface area contributed by atoms with Gasteiger partial charge in [-0.1, -0.05) is 0 Å². The van der Waals surface area contributed by atoms with Crippen molar-refractivity contribution >= 4 is 11.9 Å². The molecule has 0 radical (unpaired) electrons. The summed E-state index contributed by atoms with van der Waals surface area (Å²) >= 11 is 0. The van der Waals surface area contributed by atoms with Gasteiger partial charge in [0.25, 0.3) is 5.91 Å². The molecule has 0 saturated heterocycles. The van der Waals surface area contributed by atoms with Gasteiger partial charge in [-0.3, -0.25) is 9.59 Å². The molecule has 1 unspecified atom stereocenters. The number of ether oxygens (including phenoxy) is 2. The minimum absolute atomic E-state index is 0.114. The van der Waals surface area contributed by atoms with E-state index in [1.165, 1.54) is 24.3 Å². The smallest absolute Gasteiger partial charge is 0.307 e. The molecule has 1 aromatic rings. The number of rotatable bonds is 7. The number of carbonyl (C=O) groups is 2. The zero-order valence-corrected chi connectivity index (χ0v) is 11.5. The number of carbonyl (C=O) groups excluding carboxylic acids is 2. The monoisotopic (exact) mass is 283 g/mol. The maximum Gasteiger partial charge on any atom is 0.307 e. The predicted octanol–water partition coefficient (Wildman–Crippen LogP) is 1.66. The Balaban J connectivity index is 2.32. The molecule has 0 spiro atoms. The Labute approximate surface area is 117 Å². The van der Waals surface area contributed by atoms with Crippen molar-refractivity contribution in [3.05, 3.63) is 30.1 Å². The van der Waals surface area contributed by atoms with E-state index in [1.54, 1.807) is 13.8 Å². The van der Waals surface area contributed by atoms with Gasteiger partial charge in [0.2, 0.25) is 0 Å². The first-order valence-electron chi connectivity index (χ1n) is 6.38. The Hall–Kier alpha value is -2.11. The van der Waals surface area contributed by atoms with E-state index in [2.05, 4.69) is 5.32 Å². The normalized spacial score (nSPS) is 11.6. The maximum atomic E-state index is 12.7. The van der Waals surface area contributed by atoms with Gasteiger partial charge in [0.05, 0.1) is 13.0 Å². The molecule has 110 valence electrons.